The van der Waals surface area contributed by atoms with Gasteiger partial charge >= 0.3 is 0 Å². The van der Waals surface area contributed by atoms with Crippen molar-refractivity contribution in [2.45, 2.75) is 39.7 Å². The zero-order chi connectivity index (χ0) is 13.9. The number of hydrogen-bond acceptors (Lipinski definition) is 2. The number of nitrogens with zero attached hydrogens (tertiary/aromatic N) is 3. The normalized spacial score (nSPS) is 11.9. The van der Waals surface area contributed by atoms with Gasteiger partial charge in [-0.3, -0.25) is 4.99 Å². The Morgan fingerprint density at radius 2 is 2.00 bits per heavy atom. The number of rotatable bonds is 8. The van der Waals surface area contributed by atoms with E-state index in [9.17, 15) is 0 Å². The average molecular weight is 265 g/mol. The van der Waals surface area contributed by atoms with E-state index < -0.39 is 0 Å². The first-order valence-electron chi connectivity index (χ1n) is 7.12. The van der Waals surface area contributed by atoms with Gasteiger partial charge in [-0.05, 0) is 25.2 Å². The fraction of sp³-hybridized carbons (Fsp3) is 0.714. The largest absolute Gasteiger partial charge is 0.356 e. The van der Waals surface area contributed by atoms with Crippen molar-refractivity contribution in [3.63, 3.8) is 0 Å². The molecule has 0 fully saturated rings. The van der Waals surface area contributed by atoms with Crippen molar-refractivity contribution in [1.82, 2.24) is 20.2 Å². The van der Waals surface area contributed by atoms with Crippen LogP contribution in [0.15, 0.2) is 23.7 Å². The van der Waals surface area contributed by atoms with Crippen LogP contribution >= 0.6 is 0 Å². The second kappa shape index (κ2) is 9.42. The second-order valence-electron chi connectivity index (χ2n) is 5.12. The summed E-state index contributed by atoms with van der Waals surface area (Å²) in [6.45, 7) is 7.39. The highest BCUT2D eigenvalue weighted by Gasteiger charge is 1.98. The standard InChI is InChI=1S/C14H27N5/c1-13(2)6-4-7-17-14(15-3)18-8-5-10-19-11-9-16-12-19/h9,11-13H,4-8,10H2,1-3H3,(H2,15,17,18). The maximum Gasteiger partial charge on any atom is 0.190 e. The average Bonchev–Trinajstić information content (AvgIpc) is 2.89. The Bertz CT molecular complexity index is 343. The van der Waals surface area contributed by atoms with Gasteiger partial charge in [0.25, 0.3) is 0 Å². The molecular weight excluding hydrogens is 238 g/mol. The van der Waals surface area contributed by atoms with Crippen molar-refractivity contribution in [3.05, 3.63) is 18.7 Å². The van der Waals surface area contributed by atoms with Crippen LogP contribution in [0.25, 0.3) is 0 Å². The predicted molar refractivity (Wildman–Crippen MR) is 80.3 cm³/mol. The van der Waals surface area contributed by atoms with Crippen molar-refractivity contribution < 1.29 is 0 Å². The van der Waals surface area contributed by atoms with E-state index in [0.717, 1.165) is 37.9 Å². The van der Waals surface area contributed by atoms with Gasteiger partial charge < -0.3 is 15.2 Å². The lowest BCUT2D eigenvalue weighted by atomic mass is 10.1. The number of aromatic nitrogens is 2. The molecule has 1 heterocycles. The molecule has 108 valence electrons. The molecule has 5 nitrogen and oxygen atoms in total. The highest BCUT2D eigenvalue weighted by Crippen LogP contribution is 2.01. The van der Waals surface area contributed by atoms with E-state index in [4.69, 9.17) is 0 Å². The van der Waals surface area contributed by atoms with Gasteiger partial charge in [0, 0.05) is 39.1 Å². The molecular formula is C14H27N5. The first kappa shape index (κ1) is 15.5. The maximum absolute atomic E-state index is 4.21. The summed E-state index contributed by atoms with van der Waals surface area (Å²) in [7, 11) is 1.81. The van der Waals surface area contributed by atoms with E-state index in [1.807, 2.05) is 25.8 Å². The lowest BCUT2D eigenvalue weighted by Gasteiger charge is -2.12. The van der Waals surface area contributed by atoms with E-state index >= 15 is 0 Å². The lowest BCUT2D eigenvalue weighted by Crippen LogP contribution is -2.38. The Kier molecular flexibility index (Phi) is 7.70. The summed E-state index contributed by atoms with van der Waals surface area (Å²) < 4.78 is 2.08. The van der Waals surface area contributed by atoms with Crippen molar-refractivity contribution in [2.75, 3.05) is 20.1 Å². The van der Waals surface area contributed by atoms with Crippen molar-refractivity contribution in [3.8, 4) is 0 Å². The first-order valence-corrected chi connectivity index (χ1v) is 7.12. The number of nitrogens with one attached hydrogen (secondary N) is 2. The van der Waals surface area contributed by atoms with Gasteiger partial charge in [-0.2, -0.15) is 0 Å². The molecule has 0 aliphatic rings. The molecule has 1 aromatic rings. The Morgan fingerprint density at radius 1 is 1.26 bits per heavy atom. The molecule has 0 saturated carbocycles. The summed E-state index contributed by atoms with van der Waals surface area (Å²) in [5, 5.41) is 6.66. The molecule has 0 amide bonds. The number of imidazole rings is 1. The highest BCUT2D eigenvalue weighted by atomic mass is 15.2. The fourth-order valence-corrected chi connectivity index (χ4v) is 1.83. The van der Waals surface area contributed by atoms with Crippen LogP contribution in [0.3, 0.4) is 0 Å². The number of aryl methyl sites for hydroxylation is 1. The van der Waals surface area contributed by atoms with Gasteiger partial charge in [-0.1, -0.05) is 13.8 Å². The molecule has 2 N–H and O–H groups in total. The van der Waals surface area contributed by atoms with Gasteiger partial charge in [0.2, 0.25) is 0 Å². The summed E-state index contributed by atoms with van der Waals surface area (Å²) in [5.41, 5.74) is 0. The molecule has 0 radical (unpaired) electrons. The summed E-state index contributed by atoms with van der Waals surface area (Å²) in [4.78, 5) is 8.24. The third-order valence-electron chi connectivity index (χ3n) is 2.92. The van der Waals surface area contributed by atoms with Crippen LogP contribution in [0.2, 0.25) is 0 Å². The minimum Gasteiger partial charge on any atom is -0.356 e. The summed E-state index contributed by atoms with van der Waals surface area (Å²) in [5.74, 6) is 1.67. The highest BCUT2D eigenvalue weighted by molar-refractivity contribution is 5.79. The molecule has 0 unspecified atom stereocenters. The van der Waals surface area contributed by atoms with Crippen LogP contribution in [0.4, 0.5) is 0 Å². The van der Waals surface area contributed by atoms with E-state index in [-0.39, 0.29) is 0 Å². The predicted octanol–water partition coefficient (Wildman–Crippen LogP) is 1.87. The van der Waals surface area contributed by atoms with E-state index in [1.165, 1.54) is 12.8 Å². The van der Waals surface area contributed by atoms with Crippen molar-refractivity contribution >= 4 is 5.96 Å². The number of guanidine groups is 1. The third kappa shape index (κ3) is 7.49. The molecule has 0 saturated heterocycles. The molecule has 0 bridgehead atoms. The van der Waals surface area contributed by atoms with Gasteiger partial charge in [0.15, 0.2) is 5.96 Å². The van der Waals surface area contributed by atoms with Crippen LogP contribution in [0.5, 0.6) is 0 Å². The molecule has 19 heavy (non-hydrogen) atoms. The molecule has 1 rings (SSSR count). The van der Waals surface area contributed by atoms with E-state index in [0.29, 0.717) is 0 Å². The van der Waals surface area contributed by atoms with E-state index in [2.05, 4.69) is 39.0 Å². The zero-order valence-corrected chi connectivity index (χ0v) is 12.4. The molecule has 1 aromatic heterocycles. The molecule has 0 aromatic carbocycles. The maximum atomic E-state index is 4.21. The lowest BCUT2D eigenvalue weighted by molar-refractivity contribution is 0.548. The summed E-state index contributed by atoms with van der Waals surface area (Å²) in [6, 6.07) is 0. The molecule has 0 atom stereocenters. The van der Waals surface area contributed by atoms with Gasteiger partial charge in [0.1, 0.15) is 0 Å². The minimum atomic E-state index is 0.770. The first-order chi connectivity index (χ1) is 9.22. The Labute approximate surface area is 116 Å². The quantitative estimate of drug-likeness (QED) is 0.429. The second-order valence-corrected chi connectivity index (χ2v) is 5.12. The Morgan fingerprint density at radius 3 is 2.58 bits per heavy atom. The van der Waals surface area contributed by atoms with Crippen molar-refractivity contribution in [1.29, 1.82) is 0 Å². The van der Waals surface area contributed by atoms with Crippen LogP contribution in [0.1, 0.15) is 33.1 Å². The van der Waals surface area contributed by atoms with Crippen LogP contribution < -0.4 is 10.6 Å². The third-order valence-corrected chi connectivity index (χ3v) is 2.92. The monoisotopic (exact) mass is 265 g/mol. The summed E-state index contributed by atoms with van der Waals surface area (Å²) in [6.07, 6.45) is 9.14. The molecule has 0 spiro atoms. The van der Waals surface area contributed by atoms with Crippen LogP contribution in [-0.4, -0.2) is 35.6 Å². The zero-order valence-electron chi connectivity index (χ0n) is 12.4. The SMILES string of the molecule is CN=C(NCCCC(C)C)NCCCn1ccnc1. The van der Waals surface area contributed by atoms with Crippen LogP contribution in [0, 0.1) is 5.92 Å². The molecule has 5 heteroatoms. The van der Waals surface area contributed by atoms with Gasteiger partial charge in [-0.25, -0.2) is 4.98 Å². The number of hydrogen-bond donors (Lipinski definition) is 2. The minimum absolute atomic E-state index is 0.770. The van der Waals surface area contributed by atoms with Gasteiger partial charge in [0.05, 0.1) is 6.33 Å². The molecule has 0 aliphatic heterocycles. The van der Waals surface area contributed by atoms with Crippen molar-refractivity contribution in [2.24, 2.45) is 10.9 Å². The topological polar surface area (TPSA) is 54.2 Å². The van der Waals surface area contributed by atoms with E-state index in [1.54, 1.807) is 0 Å². The Hall–Kier alpha value is -1.52. The molecule has 0 aliphatic carbocycles. The Balaban J connectivity index is 2.05. The fourth-order valence-electron chi connectivity index (χ4n) is 1.83. The number of aliphatic imine (C=N–C) groups is 1. The smallest absolute Gasteiger partial charge is 0.190 e. The van der Waals surface area contributed by atoms with Crippen LogP contribution in [-0.2, 0) is 6.54 Å². The summed E-state index contributed by atoms with van der Waals surface area (Å²) >= 11 is 0. The van der Waals surface area contributed by atoms with Gasteiger partial charge in [-0.15, -0.1) is 0 Å².